The molecule has 2 heterocycles. The number of aromatic nitrogens is 2. The minimum Gasteiger partial charge on any atom is -0.372 e. The first kappa shape index (κ1) is 19.8. The van der Waals surface area contributed by atoms with E-state index >= 15 is 0 Å². The van der Waals surface area contributed by atoms with Crippen LogP contribution >= 0.6 is 11.3 Å². The molecule has 0 saturated carbocycles. The van der Waals surface area contributed by atoms with Crippen LogP contribution in [0.15, 0.2) is 29.8 Å². The van der Waals surface area contributed by atoms with Crippen molar-refractivity contribution in [3.05, 3.63) is 35.4 Å². The molecule has 0 unspecified atom stereocenters. The third kappa shape index (κ3) is 4.67. The van der Waals surface area contributed by atoms with Crippen LogP contribution in [-0.2, 0) is 4.79 Å². The van der Waals surface area contributed by atoms with Crippen molar-refractivity contribution in [2.45, 2.75) is 26.7 Å². The first-order chi connectivity index (χ1) is 13.6. The number of nitriles is 1. The molecule has 7 nitrogen and oxygen atoms in total. The van der Waals surface area contributed by atoms with Crippen LogP contribution in [0.5, 0.6) is 0 Å². The van der Waals surface area contributed by atoms with Gasteiger partial charge in [0.05, 0.1) is 0 Å². The molecule has 146 valence electrons. The first-order valence-corrected chi connectivity index (χ1v) is 10.3. The van der Waals surface area contributed by atoms with Gasteiger partial charge in [0.2, 0.25) is 10.3 Å². The smallest absolute Gasteiger partial charge is 0.268 e. The third-order valence-electron chi connectivity index (χ3n) is 4.71. The van der Waals surface area contributed by atoms with Gasteiger partial charge in [0.15, 0.2) is 0 Å². The van der Waals surface area contributed by atoms with Crippen molar-refractivity contribution < 1.29 is 4.79 Å². The van der Waals surface area contributed by atoms with Crippen LogP contribution in [0.3, 0.4) is 0 Å². The second-order valence-corrected chi connectivity index (χ2v) is 7.43. The van der Waals surface area contributed by atoms with E-state index < -0.39 is 5.91 Å². The third-order valence-corrected chi connectivity index (χ3v) is 5.61. The van der Waals surface area contributed by atoms with Gasteiger partial charge in [0.1, 0.15) is 11.6 Å². The zero-order valence-corrected chi connectivity index (χ0v) is 17.0. The molecular weight excluding hydrogens is 372 g/mol. The van der Waals surface area contributed by atoms with E-state index in [9.17, 15) is 10.1 Å². The van der Waals surface area contributed by atoms with Crippen molar-refractivity contribution in [1.82, 2.24) is 10.2 Å². The molecular formula is C20H24N6OS. The van der Waals surface area contributed by atoms with Gasteiger partial charge in [0, 0.05) is 31.9 Å². The van der Waals surface area contributed by atoms with Crippen molar-refractivity contribution in [3.63, 3.8) is 0 Å². The van der Waals surface area contributed by atoms with Gasteiger partial charge in [-0.25, -0.2) is 0 Å². The van der Waals surface area contributed by atoms with Gasteiger partial charge in [-0.2, -0.15) is 5.26 Å². The molecule has 3 rings (SSSR count). The molecule has 1 aromatic heterocycles. The van der Waals surface area contributed by atoms with Gasteiger partial charge in [0.25, 0.3) is 5.91 Å². The average molecular weight is 397 g/mol. The molecule has 1 amide bonds. The highest BCUT2D eigenvalue weighted by molar-refractivity contribution is 7.19. The molecule has 8 heteroatoms. The summed E-state index contributed by atoms with van der Waals surface area (Å²) in [5, 5.41) is 21.5. The lowest BCUT2D eigenvalue weighted by atomic mass is 10.1. The monoisotopic (exact) mass is 396 g/mol. The zero-order valence-electron chi connectivity index (χ0n) is 16.2. The molecule has 2 aromatic rings. The Bertz CT molecular complexity index is 873. The normalized spacial score (nSPS) is 14.0. The van der Waals surface area contributed by atoms with Crippen LogP contribution < -0.4 is 15.1 Å². The number of hydrogen-bond acceptors (Lipinski definition) is 7. The SMILES string of the molecule is CCN(CC)c1ccc(/C=C(/C#N)C(=O)Nc2nnc(N3CCCC3)s2)cc1. The maximum Gasteiger partial charge on any atom is 0.268 e. The molecule has 1 saturated heterocycles. The Hall–Kier alpha value is -2.92. The molecule has 0 radical (unpaired) electrons. The van der Waals surface area contributed by atoms with E-state index in [1.165, 1.54) is 11.3 Å². The van der Waals surface area contributed by atoms with Crippen molar-refractivity contribution in [2.75, 3.05) is 41.3 Å². The lowest BCUT2D eigenvalue weighted by Gasteiger charge is -2.20. The molecule has 0 bridgehead atoms. The summed E-state index contributed by atoms with van der Waals surface area (Å²) in [5.41, 5.74) is 1.96. The fourth-order valence-electron chi connectivity index (χ4n) is 3.15. The summed E-state index contributed by atoms with van der Waals surface area (Å²) in [6, 6.07) is 9.80. The fraction of sp³-hybridized carbons (Fsp3) is 0.400. The van der Waals surface area contributed by atoms with Gasteiger partial charge in [-0.05, 0) is 50.5 Å². The van der Waals surface area contributed by atoms with Gasteiger partial charge >= 0.3 is 0 Å². The summed E-state index contributed by atoms with van der Waals surface area (Å²) in [7, 11) is 0. The maximum atomic E-state index is 12.5. The number of benzene rings is 1. The minimum atomic E-state index is -0.473. The summed E-state index contributed by atoms with van der Waals surface area (Å²) in [4.78, 5) is 16.9. The summed E-state index contributed by atoms with van der Waals surface area (Å²) in [6.45, 7) is 8.01. The summed E-state index contributed by atoms with van der Waals surface area (Å²) in [5.74, 6) is -0.473. The molecule has 0 aliphatic carbocycles. The molecule has 0 spiro atoms. The van der Waals surface area contributed by atoms with Crippen molar-refractivity contribution in [2.24, 2.45) is 0 Å². The minimum absolute atomic E-state index is 0.0357. The zero-order chi connectivity index (χ0) is 19.9. The van der Waals surface area contributed by atoms with E-state index in [-0.39, 0.29) is 5.57 Å². The van der Waals surface area contributed by atoms with Crippen molar-refractivity contribution in [1.29, 1.82) is 5.26 Å². The maximum absolute atomic E-state index is 12.5. The van der Waals surface area contributed by atoms with Crippen LogP contribution in [0.1, 0.15) is 32.3 Å². The Morgan fingerprint density at radius 3 is 2.54 bits per heavy atom. The number of hydrogen-bond donors (Lipinski definition) is 1. The Kier molecular flexibility index (Phi) is 6.61. The highest BCUT2D eigenvalue weighted by Gasteiger charge is 2.18. The molecule has 1 N–H and O–H groups in total. The van der Waals surface area contributed by atoms with E-state index in [1.54, 1.807) is 6.08 Å². The molecule has 1 aliphatic rings. The molecule has 1 fully saturated rings. The van der Waals surface area contributed by atoms with Gasteiger partial charge in [-0.1, -0.05) is 23.5 Å². The van der Waals surface area contributed by atoms with E-state index in [0.717, 1.165) is 55.4 Å². The Labute approximate surface area is 169 Å². The highest BCUT2D eigenvalue weighted by atomic mass is 32.1. The second-order valence-electron chi connectivity index (χ2n) is 6.47. The number of carbonyl (C=O) groups excluding carboxylic acids is 1. The highest BCUT2D eigenvalue weighted by Crippen LogP contribution is 2.27. The van der Waals surface area contributed by atoms with Gasteiger partial charge < -0.3 is 9.80 Å². The number of rotatable bonds is 7. The number of amides is 1. The van der Waals surface area contributed by atoms with E-state index in [1.807, 2.05) is 30.3 Å². The van der Waals surface area contributed by atoms with E-state index in [2.05, 4.69) is 39.2 Å². The van der Waals surface area contributed by atoms with Crippen molar-refractivity contribution in [3.8, 4) is 6.07 Å². The Morgan fingerprint density at radius 1 is 1.25 bits per heavy atom. The van der Waals surface area contributed by atoms with Crippen LogP contribution in [-0.4, -0.2) is 42.3 Å². The predicted molar refractivity (Wildman–Crippen MR) is 114 cm³/mol. The topological polar surface area (TPSA) is 85.2 Å². The summed E-state index contributed by atoms with van der Waals surface area (Å²) in [6.07, 6.45) is 3.88. The molecule has 1 aliphatic heterocycles. The lowest BCUT2D eigenvalue weighted by Crippen LogP contribution is -2.21. The van der Waals surface area contributed by atoms with Gasteiger partial charge in [-0.3, -0.25) is 10.1 Å². The van der Waals surface area contributed by atoms with E-state index in [0.29, 0.717) is 5.13 Å². The lowest BCUT2D eigenvalue weighted by molar-refractivity contribution is -0.112. The quantitative estimate of drug-likeness (QED) is 0.569. The predicted octanol–water partition coefficient (Wildman–Crippen LogP) is 3.53. The Morgan fingerprint density at radius 2 is 1.93 bits per heavy atom. The standard InChI is InChI=1S/C20H24N6OS/c1-3-25(4-2)17-9-7-15(8-10-17)13-16(14-21)18(27)22-19-23-24-20(28-19)26-11-5-6-12-26/h7-10,13H,3-6,11-12H2,1-2H3,(H,22,23,27)/b16-13-. The van der Waals surface area contributed by atoms with E-state index in [4.69, 9.17) is 0 Å². The fourth-order valence-corrected chi connectivity index (χ4v) is 3.94. The van der Waals surface area contributed by atoms with Crippen LogP contribution in [0.2, 0.25) is 0 Å². The number of nitrogens with zero attached hydrogens (tertiary/aromatic N) is 5. The number of anilines is 3. The largest absolute Gasteiger partial charge is 0.372 e. The average Bonchev–Trinajstić information content (AvgIpc) is 3.40. The van der Waals surface area contributed by atoms with Gasteiger partial charge in [-0.15, -0.1) is 10.2 Å². The molecule has 0 atom stereocenters. The summed E-state index contributed by atoms with van der Waals surface area (Å²) < 4.78 is 0. The van der Waals surface area contributed by atoms with Crippen LogP contribution in [0.25, 0.3) is 6.08 Å². The van der Waals surface area contributed by atoms with Crippen molar-refractivity contribution >= 4 is 39.3 Å². The second kappa shape index (κ2) is 9.33. The first-order valence-electron chi connectivity index (χ1n) is 9.51. The number of carbonyl (C=O) groups is 1. The summed E-state index contributed by atoms with van der Waals surface area (Å²) >= 11 is 1.33. The number of nitrogens with one attached hydrogen (secondary N) is 1. The van der Waals surface area contributed by atoms with Crippen LogP contribution in [0, 0.1) is 11.3 Å². The van der Waals surface area contributed by atoms with Crippen LogP contribution in [0.4, 0.5) is 16.0 Å². The molecule has 1 aromatic carbocycles. The Balaban J connectivity index is 1.68. The molecule has 28 heavy (non-hydrogen) atoms.